The Labute approximate surface area is 221 Å². The lowest BCUT2D eigenvalue weighted by molar-refractivity contribution is -0.137. The summed E-state index contributed by atoms with van der Waals surface area (Å²) in [6, 6.07) is 0.0385. The summed E-state index contributed by atoms with van der Waals surface area (Å²) in [4.78, 5) is 26.9. The van der Waals surface area contributed by atoms with E-state index >= 15 is 0 Å². The Morgan fingerprint density at radius 3 is 2.68 bits per heavy atom. The molecule has 208 valence electrons. The fourth-order valence-electron chi connectivity index (χ4n) is 5.92. The van der Waals surface area contributed by atoms with Crippen molar-refractivity contribution in [1.29, 1.82) is 0 Å². The van der Waals surface area contributed by atoms with Crippen LogP contribution < -0.4 is 10.6 Å². The Bertz CT molecular complexity index is 1150. The second-order valence-corrected chi connectivity index (χ2v) is 11.4. The minimum atomic E-state index is -4.63. The van der Waals surface area contributed by atoms with Crippen molar-refractivity contribution in [2.24, 2.45) is 5.92 Å². The third kappa shape index (κ3) is 5.54. The van der Waals surface area contributed by atoms with E-state index in [4.69, 9.17) is 4.74 Å². The highest BCUT2D eigenvalue weighted by Crippen LogP contribution is 2.39. The van der Waals surface area contributed by atoms with Gasteiger partial charge < -0.3 is 25.3 Å². The number of fused-ring (bicyclic) bond motifs is 1. The van der Waals surface area contributed by atoms with Crippen LogP contribution >= 0.6 is 0 Å². The lowest BCUT2D eigenvalue weighted by atomic mass is 9.91. The number of alkyl halides is 3. The summed E-state index contributed by atoms with van der Waals surface area (Å²) < 4.78 is 47.7. The number of piperidine rings is 1. The molecule has 0 radical (unpaired) electrons. The number of hydrogen-bond donors (Lipinski definition) is 3. The molecule has 3 aliphatic rings. The number of nitrogens with zero attached hydrogens (tertiary/aromatic N) is 3. The number of rotatable bonds is 5. The van der Waals surface area contributed by atoms with Crippen molar-refractivity contribution in [1.82, 2.24) is 25.2 Å². The molecule has 2 saturated heterocycles. The number of H-pyrrole nitrogens is 1. The third-order valence-corrected chi connectivity index (χ3v) is 8.36. The highest BCUT2D eigenvalue weighted by Gasteiger charge is 2.39. The molecule has 0 saturated carbocycles. The lowest BCUT2D eigenvalue weighted by Crippen LogP contribution is -2.50. The Hall–Kier alpha value is -2.66. The molecule has 1 amide bonds. The number of anilines is 1. The molecule has 0 aromatic carbocycles. The molecular formula is C27H37F3N6O2. The van der Waals surface area contributed by atoms with Crippen molar-refractivity contribution < 1.29 is 22.7 Å². The highest BCUT2D eigenvalue weighted by atomic mass is 19.4. The standard InChI is InChI=1S/C27H37F3N6O2/c1-16(17-7-11-38-12-8-17)36-10-4-5-19-20(14-31-23(19)24(36)37)22-21(27(28,29)30)15-32-25(35-22)34-18-6-9-26(2,3)33-13-18/h14-18,31,33H,4-13H2,1-3H3,(H,32,34,35)/t16?,18-/m0/s1. The number of aromatic amines is 1. The third-order valence-electron chi connectivity index (χ3n) is 8.36. The van der Waals surface area contributed by atoms with E-state index in [-0.39, 0.29) is 35.2 Å². The molecule has 11 heteroatoms. The fourth-order valence-corrected chi connectivity index (χ4v) is 5.92. The smallest absolute Gasteiger partial charge is 0.381 e. The molecule has 1 unspecified atom stereocenters. The van der Waals surface area contributed by atoms with Gasteiger partial charge in [0.1, 0.15) is 11.3 Å². The zero-order chi connectivity index (χ0) is 27.1. The molecule has 3 aliphatic heterocycles. The lowest BCUT2D eigenvalue weighted by Gasteiger charge is -2.36. The quantitative estimate of drug-likeness (QED) is 0.518. The average Bonchev–Trinajstić information content (AvgIpc) is 3.23. The second-order valence-electron chi connectivity index (χ2n) is 11.4. The van der Waals surface area contributed by atoms with Crippen LogP contribution in [0.2, 0.25) is 0 Å². The van der Waals surface area contributed by atoms with Crippen LogP contribution in [0.3, 0.4) is 0 Å². The van der Waals surface area contributed by atoms with Gasteiger partial charge >= 0.3 is 6.18 Å². The first-order chi connectivity index (χ1) is 18.0. The van der Waals surface area contributed by atoms with Gasteiger partial charge in [-0.15, -0.1) is 0 Å². The molecule has 5 rings (SSSR count). The monoisotopic (exact) mass is 534 g/mol. The van der Waals surface area contributed by atoms with Crippen LogP contribution in [0.4, 0.5) is 19.1 Å². The fraction of sp³-hybridized carbons (Fsp3) is 0.667. The summed E-state index contributed by atoms with van der Waals surface area (Å²) >= 11 is 0. The van der Waals surface area contributed by atoms with Crippen molar-refractivity contribution in [3.05, 3.63) is 29.2 Å². The van der Waals surface area contributed by atoms with Crippen LogP contribution in [0.1, 0.15) is 74.5 Å². The number of halogens is 3. The SMILES string of the molecule is CC(C1CCOCC1)N1CCCc2c(-c3nc(N[C@H]4CCC(C)(C)NC4)ncc3C(F)(F)F)c[nH]c2C1=O. The van der Waals surface area contributed by atoms with Gasteiger partial charge in [0.15, 0.2) is 0 Å². The summed E-state index contributed by atoms with van der Waals surface area (Å²) in [5, 5.41) is 6.66. The van der Waals surface area contributed by atoms with Gasteiger partial charge in [0.25, 0.3) is 5.91 Å². The van der Waals surface area contributed by atoms with E-state index in [0.29, 0.717) is 61.9 Å². The van der Waals surface area contributed by atoms with Crippen LogP contribution in [0.5, 0.6) is 0 Å². The molecule has 38 heavy (non-hydrogen) atoms. The number of carbonyl (C=O) groups excluding carboxylic acids is 1. The van der Waals surface area contributed by atoms with E-state index < -0.39 is 11.7 Å². The van der Waals surface area contributed by atoms with Gasteiger partial charge in [0, 0.05) is 61.9 Å². The summed E-state index contributed by atoms with van der Waals surface area (Å²) in [5.41, 5.74) is 0.182. The van der Waals surface area contributed by atoms with Crippen LogP contribution in [-0.4, -0.2) is 69.7 Å². The largest absolute Gasteiger partial charge is 0.419 e. The maximum Gasteiger partial charge on any atom is 0.419 e. The van der Waals surface area contributed by atoms with Crippen LogP contribution in [0, 0.1) is 5.92 Å². The number of amides is 1. The van der Waals surface area contributed by atoms with Crippen molar-refractivity contribution in [3.8, 4) is 11.3 Å². The van der Waals surface area contributed by atoms with E-state index in [1.807, 2.05) is 4.90 Å². The molecule has 5 heterocycles. The molecule has 2 aromatic rings. The maximum absolute atomic E-state index is 14.1. The molecular weight excluding hydrogens is 497 g/mol. The Balaban J connectivity index is 1.44. The Kier molecular flexibility index (Phi) is 7.43. The van der Waals surface area contributed by atoms with E-state index in [0.717, 1.165) is 31.9 Å². The summed E-state index contributed by atoms with van der Waals surface area (Å²) in [6.45, 7) is 8.92. The first-order valence-corrected chi connectivity index (χ1v) is 13.6. The van der Waals surface area contributed by atoms with Gasteiger partial charge in [0.2, 0.25) is 5.95 Å². The molecule has 2 fully saturated rings. The zero-order valence-corrected chi connectivity index (χ0v) is 22.2. The van der Waals surface area contributed by atoms with Crippen molar-refractivity contribution in [2.45, 2.75) is 83.1 Å². The zero-order valence-electron chi connectivity index (χ0n) is 22.2. The van der Waals surface area contributed by atoms with E-state index in [9.17, 15) is 18.0 Å². The first kappa shape index (κ1) is 26.9. The minimum absolute atomic E-state index is 0.0118. The molecule has 2 aromatic heterocycles. The molecule has 0 spiro atoms. The Morgan fingerprint density at radius 2 is 2.00 bits per heavy atom. The number of carbonyl (C=O) groups is 1. The van der Waals surface area contributed by atoms with E-state index in [2.05, 4.69) is 46.4 Å². The van der Waals surface area contributed by atoms with Gasteiger partial charge in [-0.3, -0.25) is 4.79 Å². The van der Waals surface area contributed by atoms with Gasteiger partial charge in [-0.1, -0.05) is 0 Å². The van der Waals surface area contributed by atoms with Crippen molar-refractivity contribution in [3.63, 3.8) is 0 Å². The predicted octanol–water partition coefficient (Wildman–Crippen LogP) is 4.64. The summed E-state index contributed by atoms with van der Waals surface area (Å²) in [6.07, 6.45) is 2.44. The van der Waals surface area contributed by atoms with Crippen LogP contribution in [0.25, 0.3) is 11.3 Å². The maximum atomic E-state index is 14.1. The highest BCUT2D eigenvalue weighted by molar-refractivity contribution is 5.97. The van der Waals surface area contributed by atoms with E-state index in [1.165, 1.54) is 6.20 Å². The second kappa shape index (κ2) is 10.5. The van der Waals surface area contributed by atoms with Gasteiger partial charge in [-0.05, 0) is 70.8 Å². The van der Waals surface area contributed by atoms with Crippen LogP contribution in [-0.2, 0) is 17.3 Å². The number of nitrogens with one attached hydrogen (secondary N) is 3. The number of aromatic nitrogens is 3. The topological polar surface area (TPSA) is 95.2 Å². The Morgan fingerprint density at radius 1 is 1.24 bits per heavy atom. The van der Waals surface area contributed by atoms with Crippen molar-refractivity contribution >= 4 is 11.9 Å². The van der Waals surface area contributed by atoms with Gasteiger partial charge in [-0.25, -0.2) is 9.97 Å². The first-order valence-electron chi connectivity index (χ1n) is 13.6. The molecule has 3 N–H and O–H groups in total. The van der Waals surface area contributed by atoms with Gasteiger partial charge in [-0.2, -0.15) is 13.2 Å². The average molecular weight is 535 g/mol. The minimum Gasteiger partial charge on any atom is -0.381 e. The molecule has 0 aliphatic carbocycles. The van der Waals surface area contributed by atoms with Crippen LogP contribution in [0.15, 0.2) is 12.4 Å². The predicted molar refractivity (Wildman–Crippen MR) is 138 cm³/mol. The van der Waals surface area contributed by atoms with Gasteiger partial charge in [0.05, 0.1) is 5.69 Å². The molecule has 2 atom stereocenters. The summed E-state index contributed by atoms with van der Waals surface area (Å²) in [7, 11) is 0. The molecule has 8 nitrogen and oxygen atoms in total. The molecule has 0 bridgehead atoms. The van der Waals surface area contributed by atoms with Crippen molar-refractivity contribution in [2.75, 3.05) is 31.6 Å². The normalized spacial score (nSPS) is 23.6. The summed E-state index contributed by atoms with van der Waals surface area (Å²) in [5.74, 6) is 0.333. The number of hydrogen-bond acceptors (Lipinski definition) is 6. The number of ether oxygens (including phenoxy) is 1. The van der Waals surface area contributed by atoms with E-state index in [1.54, 1.807) is 0 Å².